The second-order valence-electron chi connectivity index (χ2n) is 6.67. The fourth-order valence-electron chi connectivity index (χ4n) is 3.07. The topological polar surface area (TPSA) is 12.0 Å². The summed E-state index contributed by atoms with van der Waals surface area (Å²) < 4.78 is 0. The van der Waals surface area contributed by atoms with Gasteiger partial charge in [-0.15, -0.1) is 0 Å². The van der Waals surface area contributed by atoms with Gasteiger partial charge >= 0.3 is 0 Å². The number of hydrogen-bond acceptors (Lipinski definition) is 1. The molecule has 19 heavy (non-hydrogen) atoms. The zero-order valence-corrected chi connectivity index (χ0v) is 12.7. The van der Waals surface area contributed by atoms with Crippen molar-refractivity contribution in [1.82, 2.24) is 5.32 Å². The Bertz CT molecular complexity index is 351. The summed E-state index contributed by atoms with van der Waals surface area (Å²) in [6.07, 6.45) is 6.69. The fourth-order valence-corrected chi connectivity index (χ4v) is 3.07. The maximum Gasteiger partial charge on any atom is 0.00812 e. The van der Waals surface area contributed by atoms with Gasteiger partial charge in [0.15, 0.2) is 0 Å². The second kappa shape index (κ2) is 7.09. The molecule has 0 saturated heterocycles. The maximum absolute atomic E-state index is 3.79. The van der Waals surface area contributed by atoms with Crippen LogP contribution < -0.4 is 5.32 Å². The van der Waals surface area contributed by atoms with Crippen molar-refractivity contribution in [3.63, 3.8) is 0 Å². The van der Waals surface area contributed by atoms with Gasteiger partial charge in [-0.05, 0) is 43.6 Å². The summed E-state index contributed by atoms with van der Waals surface area (Å²) in [5.41, 5.74) is 1.52. The summed E-state index contributed by atoms with van der Waals surface area (Å²) in [6, 6.07) is 12.4. The van der Waals surface area contributed by atoms with Crippen molar-refractivity contribution in [2.45, 2.75) is 70.9 Å². The van der Waals surface area contributed by atoms with Crippen molar-refractivity contribution < 1.29 is 0 Å². The van der Waals surface area contributed by atoms with Crippen LogP contribution in [0.5, 0.6) is 0 Å². The Kier molecular flexibility index (Phi) is 5.45. The van der Waals surface area contributed by atoms with Crippen LogP contribution in [0, 0.1) is 5.92 Å². The van der Waals surface area contributed by atoms with Gasteiger partial charge < -0.3 is 5.32 Å². The molecule has 0 heterocycles. The summed E-state index contributed by atoms with van der Waals surface area (Å²) in [7, 11) is 0. The number of hydrogen-bond donors (Lipinski definition) is 1. The molecule has 1 aliphatic rings. The molecule has 1 nitrogen and oxygen atoms in total. The molecular formula is C18H29N. The molecule has 2 rings (SSSR count). The van der Waals surface area contributed by atoms with Gasteiger partial charge in [-0.1, -0.05) is 57.0 Å². The predicted molar refractivity (Wildman–Crippen MR) is 83.5 cm³/mol. The van der Waals surface area contributed by atoms with Gasteiger partial charge in [0.25, 0.3) is 0 Å². The number of nitrogens with one attached hydrogen (secondary N) is 1. The molecule has 1 heteroatoms. The largest absolute Gasteiger partial charge is 0.311 e. The van der Waals surface area contributed by atoms with Crippen LogP contribution >= 0.6 is 0 Å². The first-order valence-corrected chi connectivity index (χ1v) is 7.96. The lowest BCUT2D eigenvalue weighted by atomic mass is 9.75. The van der Waals surface area contributed by atoms with Crippen molar-refractivity contribution in [3.8, 4) is 0 Å². The van der Waals surface area contributed by atoms with E-state index in [1.165, 1.54) is 37.7 Å². The molecule has 1 fully saturated rings. The summed E-state index contributed by atoms with van der Waals surface area (Å²) in [4.78, 5) is 0. The Balaban J connectivity index is 1.62. The quantitative estimate of drug-likeness (QED) is 0.746. The lowest BCUT2D eigenvalue weighted by molar-refractivity contribution is 0.262. The van der Waals surface area contributed by atoms with Gasteiger partial charge in [0.1, 0.15) is 0 Å². The van der Waals surface area contributed by atoms with E-state index in [9.17, 15) is 0 Å². The van der Waals surface area contributed by atoms with Crippen molar-refractivity contribution in [2.24, 2.45) is 5.92 Å². The minimum absolute atomic E-state index is 0.681. The highest BCUT2D eigenvalue weighted by Crippen LogP contribution is 2.36. The molecule has 0 amide bonds. The van der Waals surface area contributed by atoms with Crippen molar-refractivity contribution in [3.05, 3.63) is 35.9 Å². The van der Waals surface area contributed by atoms with Crippen molar-refractivity contribution in [1.29, 1.82) is 0 Å². The fraction of sp³-hybridized carbons (Fsp3) is 0.667. The molecule has 1 saturated carbocycles. The molecule has 0 aromatic heterocycles. The highest BCUT2D eigenvalue weighted by molar-refractivity contribution is 5.22. The van der Waals surface area contributed by atoms with Crippen LogP contribution in [0.3, 0.4) is 0 Å². The predicted octanol–water partition coefficient (Wildman–Crippen LogP) is 4.74. The summed E-state index contributed by atoms with van der Waals surface area (Å²) >= 11 is 0. The van der Waals surface area contributed by atoms with E-state index >= 15 is 0 Å². The molecule has 1 aromatic carbocycles. The van der Waals surface area contributed by atoms with Gasteiger partial charge in [0.2, 0.25) is 0 Å². The zero-order valence-electron chi connectivity index (χ0n) is 12.7. The van der Waals surface area contributed by atoms with Gasteiger partial charge in [-0.25, -0.2) is 0 Å². The van der Waals surface area contributed by atoms with Crippen LogP contribution in [0.25, 0.3) is 0 Å². The van der Waals surface area contributed by atoms with E-state index in [-0.39, 0.29) is 0 Å². The third-order valence-electron chi connectivity index (χ3n) is 4.35. The van der Waals surface area contributed by atoms with E-state index in [1.54, 1.807) is 0 Å². The molecule has 1 atom stereocenters. The minimum atomic E-state index is 0.681. The van der Waals surface area contributed by atoms with Gasteiger partial charge in [0, 0.05) is 12.1 Å². The SMILES string of the molecule is CC(C)CCCC(C)NC1CC(c2ccccc2)C1. The van der Waals surface area contributed by atoms with E-state index in [1.807, 2.05) is 0 Å². The Morgan fingerprint density at radius 1 is 1.05 bits per heavy atom. The van der Waals surface area contributed by atoms with Crippen LogP contribution in [0.15, 0.2) is 30.3 Å². The monoisotopic (exact) mass is 259 g/mol. The molecule has 0 spiro atoms. The average Bonchev–Trinajstić information content (AvgIpc) is 2.34. The lowest BCUT2D eigenvalue weighted by Gasteiger charge is -2.38. The van der Waals surface area contributed by atoms with E-state index in [0.717, 1.165) is 17.9 Å². The van der Waals surface area contributed by atoms with Crippen molar-refractivity contribution in [2.75, 3.05) is 0 Å². The average molecular weight is 259 g/mol. The molecule has 1 unspecified atom stereocenters. The summed E-state index contributed by atoms with van der Waals surface area (Å²) in [5, 5.41) is 3.79. The summed E-state index contributed by atoms with van der Waals surface area (Å²) in [5.74, 6) is 1.64. The third-order valence-corrected chi connectivity index (χ3v) is 4.35. The smallest absolute Gasteiger partial charge is 0.00812 e. The molecule has 0 bridgehead atoms. The highest BCUT2D eigenvalue weighted by atomic mass is 15.0. The lowest BCUT2D eigenvalue weighted by Crippen LogP contribution is -2.44. The van der Waals surface area contributed by atoms with Crippen molar-refractivity contribution >= 4 is 0 Å². The minimum Gasteiger partial charge on any atom is -0.311 e. The van der Waals surface area contributed by atoms with Gasteiger partial charge in [0.05, 0.1) is 0 Å². The van der Waals surface area contributed by atoms with E-state index in [0.29, 0.717) is 6.04 Å². The number of benzene rings is 1. The van der Waals surface area contributed by atoms with Gasteiger partial charge in [-0.2, -0.15) is 0 Å². The maximum atomic E-state index is 3.79. The Morgan fingerprint density at radius 3 is 2.37 bits per heavy atom. The van der Waals surface area contributed by atoms with Crippen LogP contribution in [0.4, 0.5) is 0 Å². The van der Waals surface area contributed by atoms with E-state index in [2.05, 4.69) is 56.4 Å². The van der Waals surface area contributed by atoms with Crippen LogP contribution in [0.1, 0.15) is 64.4 Å². The van der Waals surface area contributed by atoms with Crippen LogP contribution in [-0.2, 0) is 0 Å². The molecule has 1 aromatic rings. The van der Waals surface area contributed by atoms with E-state index < -0.39 is 0 Å². The Labute approximate surface area is 118 Å². The molecule has 0 aliphatic heterocycles. The first-order valence-electron chi connectivity index (χ1n) is 7.96. The number of rotatable bonds is 7. The standard InChI is InChI=1S/C18H29N/c1-14(2)8-7-9-15(3)19-18-12-17(13-18)16-10-5-4-6-11-16/h4-6,10-11,14-15,17-19H,7-9,12-13H2,1-3H3. The van der Waals surface area contributed by atoms with E-state index in [4.69, 9.17) is 0 Å². The first-order chi connectivity index (χ1) is 9.15. The first kappa shape index (κ1) is 14.6. The van der Waals surface area contributed by atoms with Gasteiger partial charge in [-0.3, -0.25) is 0 Å². The second-order valence-corrected chi connectivity index (χ2v) is 6.67. The zero-order chi connectivity index (χ0) is 13.7. The molecular weight excluding hydrogens is 230 g/mol. The van der Waals surface area contributed by atoms with Crippen LogP contribution in [-0.4, -0.2) is 12.1 Å². The Hall–Kier alpha value is -0.820. The molecule has 1 N–H and O–H groups in total. The van der Waals surface area contributed by atoms with Crippen LogP contribution in [0.2, 0.25) is 0 Å². The molecule has 1 aliphatic carbocycles. The third kappa shape index (κ3) is 4.65. The summed E-state index contributed by atoms with van der Waals surface area (Å²) in [6.45, 7) is 6.97. The normalized spacial score (nSPS) is 24.2. The highest BCUT2D eigenvalue weighted by Gasteiger charge is 2.30. The molecule has 0 radical (unpaired) electrons. The molecule has 106 valence electrons. The Morgan fingerprint density at radius 2 is 1.74 bits per heavy atom.